The molecule has 9 nitrogen and oxygen atoms in total. The van der Waals surface area contributed by atoms with Crippen molar-refractivity contribution in [2.45, 2.75) is 31.5 Å². The first-order valence-electron chi connectivity index (χ1n) is 9.30. The lowest BCUT2D eigenvalue weighted by atomic mass is 9.91. The molecule has 1 aromatic heterocycles. The molecule has 1 aliphatic heterocycles. The number of carbonyl (C=O) groups excluding carboxylic acids is 2. The van der Waals surface area contributed by atoms with E-state index in [9.17, 15) is 23.9 Å². The van der Waals surface area contributed by atoms with Gasteiger partial charge in [0.15, 0.2) is 11.5 Å². The van der Waals surface area contributed by atoms with Crippen LogP contribution >= 0.6 is 0 Å². The van der Waals surface area contributed by atoms with Gasteiger partial charge < -0.3 is 19.7 Å². The van der Waals surface area contributed by atoms with E-state index in [1.807, 2.05) is 0 Å². The number of ketones is 1. The summed E-state index contributed by atoms with van der Waals surface area (Å²) in [6.07, 6.45) is -0.0701. The van der Waals surface area contributed by atoms with Crippen LogP contribution in [-0.4, -0.2) is 58.5 Å². The normalized spacial score (nSPS) is 20.9. The highest BCUT2D eigenvalue weighted by molar-refractivity contribution is 5.95. The molecule has 0 radical (unpaired) electrons. The third kappa shape index (κ3) is 3.96. The highest BCUT2D eigenvalue weighted by atomic mass is 19.1. The van der Waals surface area contributed by atoms with Crippen LogP contribution in [0.25, 0.3) is 0 Å². The number of aromatic hydroxyl groups is 1. The Bertz CT molecular complexity index is 1020. The number of nitrogens with one attached hydrogen (secondary N) is 2. The topological polar surface area (TPSA) is 125 Å². The van der Waals surface area contributed by atoms with Crippen LogP contribution in [-0.2, 0) is 21.6 Å². The van der Waals surface area contributed by atoms with Gasteiger partial charge in [-0.1, -0.05) is 12.1 Å². The van der Waals surface area contributed by atoms with Crippen LogP contribution in [0.15, 0.2) is 29.1 Å². The van der Waals surface area contributed by atoms with Crippen molar-refractivity contribution >= 4 is 11.7 Å². The van der Waals surface area contributed by atoms with E-state index in [1.165, 1.54) is 50.2 Å². The smallest absolute Gasteiger partial charge is 0.294 e. The molecule has 2 heterocycles. The molecule has 3 N–H and O–H groups in total. The Hall–Kier alpha value is -3.11. The lowest BCUT2D eigenvalue weighted by Gasteiger charge is -2.26. The molecule has 2 aromatic rings. The van der Waals surface area contributed by atoms with Gasteiger partial charge in [-0.05, 0) is 24.6 Å². The number of aromatic amines is 1. The molecule has 1 fully saturated rings. The summed E-state index contributed by atoms with van der Waals surface area (Å²) in [6, 6.07) is 5.58. The highest BCUT2D eigenvalue weighted by Crippen LogP contribution is 2.31. The molecule has 160 valence electrons. The molecule has 3 rings (SSSR count). The lowest BCUT2D eigenvalue weighted by Crippen LogP contribution is -2.46. The number of hydrogen-bond donors (Lipinski definition) is 3. The van der Waals surface area contributed by atoms with E-state index < -0.39 is 34.3 Å². The van der Waals surface area contributed by atoms with E-state index >= 15 is 0 Å². The van der Waals surface area contributed by atoms with Gasteiger partial charge in [-0.25, -0.2) is 9.37 Å². The molecule has 2 atom stereocenters. The molecule has 0 spiro atoms. The molecule has 30 heavy (non-hydrogen) atoms. The zero-order valence-corrected chi connectivity index (χ0v) is 16.9. The Morgan fingerprint density at radius 3 is 2.60 bits per heavy atom. The number of hydrogen-bond acceptors (Lipinski definition) is 7. The van der Waals surface area contributed by atoms with Crippen molar-refractivity contribution in [1.82, 2.24) is 20.2 Å². The lowest BCUT2D eigenvalue weighted by molar-refractivity contribution is -0.123. The van der Waals surface area contributed by atoms with E-state index in [1.54, 1.807) is 0 Å². The maximum absolute atomic E-state index is 13.1. The van der Waals surface area contributed by atoms with Gasteiger partial charge >= 0.3 is 0 Å². The first-order chi connectivity index (χ1) is 14.2. The maximum atomic E-state index is 13.1. The van der Waals surface area contributed by atoms with E-state index in [-0.39, 0.29) is 30.7 Å². The van der Waals surface area contributed by atoms with E-state index in [2.05, 4.69) is 15.3 Å². The van der Waals surface area contributed by atoms with Crippen molar-refractivity contribution < 1.29 is 23.8 Å². The molecular formula is C20H23FN4O5. The predicted molar refractivity (Wildman–Crippen MR) is 104 cm³/mol. The molecule has 10 heteroatoms. The van der Waals surface area contributed by atoms with Crippen LogP contribution < -0.4 is 10.9 Å². The molecule has 0 unspecified atom stereocenters. The van der Waals surface area contributed by atoms with Gasteiger partial charge in [0.2, 0.25) is 5.75 Å². The summed E-state index contributed by atoms with van der Waals surface area (Å²) in [5, 5.41) is 13.2. The van der Waals surface area contributed by atoms with Crippen LogP contribution in [0.3, 0.4) is 0 Å². The Balaban J connectivity index is 1.96. The van der Waals surface area contributed by atoms with Crippen LogP contribution in [0.5, 0.6) is 5.75 Å². The number of halogens is 1. The van der Waals surface area contributed by atoms with Gasteiger partial charge in [0.25, 0.3) is 11.5 Å². The van der Waals surface area contributed by atoms with Gasteiger partial charge in [-0.3, -0.25) is 19.7 Å². The fourth-order valence-electron chi connectivity index (χ4n) is 3.49. The Labute approximate surface area is 171 Å². The number of H-pyrrole nitrogens is 1. The third-order valence-electron chi connectivity index (χ3n) is 5.28. The fraction of sp³-hybridized carbons (Fsp3) is 0.400. The SMILES string of the molecule is CO[C@H]1CN[C@@](C(C)=O)(c2nc(C(=O)N(C)Cc3ccc(F)cc3)c(O)c(=O)[nH]2)C1. The maximum Gasteiger partial charge on any atom is 0.294 e. The summed E-state index contributed by atoms with van der Waals surface area (Å²) in [5.41, 5.74) is -2.08. The molecule has 1 aliphatic rings. The molecule has 0 bridgehead atoms. The number of nitrogens with zero attached hydrogens (tertiary/aromatic N) is 2. The summed E-state index contributed by atoms with van der Waals surface area (Å²) in [6.45, 7) is 1.80. The molecular weight excluding hydrogens is 395 g/mol. The average molecular weight is 418 g/mol. The van der Waals surface area contributed by atoms with Crippen LogP contribution in [0.2, 0.25) is 0 Å². The van der Waals surface area contributed by atoms with E-state index in [0.29, 0.717) is 12.1 Å². The Morgan fingerprint density at radius 1 is 1.37 bits per heavy atom. The number of methoxy groups -OCH3 is 1. The van der Waals surface area contributed by atoms with Crippen molar-refractivity contribution in [3.8, 4) is 5.75 Å². The number of carbonyl (C=O) groups is 2. The second kappa shape index (κ2) is 8.33. The number of benzene rings is 1. The van der Waals surface area contributed by atoms with Gasteiger partial charge in [0.05, 0.1) is 6.10 Å². The van der Waals surface area contributed by atoms with Gasteiger partial charge in [0, 0.05) is 33.7 Å². The minimum atomic E-state index is -1.34. The Morgan fingerprint density at radius 2 is 2.03 bits per heavy atom. The fourth-order valence-corrected chi connectivity index (χ4v) is 3.49. The van der Waals surface area contributed by atoms with Crippen LogP contribution in [0.1, 0.15) is 35.2 Å². The van der Waals surface area contributed by atoms with Crippen molar-refractivity contribution in [3.05, 3.63) is 57.5 Å². The monoisotopic (exact) mass is 418 g/mol. The minimum Gasteiger partial charge on any atom is -0.501 e. The summed E-state index contributed by atoms with van der Waals surface area (Å²) >= 11 is 0. The van der Waals surface area contributed by atoms with Crippen molar-refractivity contribution in [2.24, 2.45) is 0 Å². The standard InChI is InChI=1S/C20H23FN4O5/c1-11(26)20(8-14(30-3)9-22-20)19-23-15(16(27)17(28)24-19)18(29)25(2)10-12-4-6-13(21)7-5-12/h4-7,14,22,27H,8-10H2,1-3H3,(H,23,24,28)/t14-,20+/m1/s1. The molecule has 0 saturated carbocycles. The zero-order valence-electron chi connectivity index (χ0n) is 16.9. The molecule has 1 saturated heterocycles. The second-order valence-electron chi connectivity index (χ2n) is 7.30. The number of aromatic nitrogens is 2. The molecule has 0 aliphatic carbocycles. The number of amides is 1. The van der Waals surface area contributed by atoms with Gasteiger partial charge in [-0.15, -0.1) is 0 Å². The third-order valence-corrected chi connectivity index (χ3v) is 5.28. The van der Waals surface area contributed by atoms with Crippen molar-refractivity contribution in [3.63, 3.8) is 0 Å². The van der Waals surface area contributed by atoms with Crippen molar-refractivity contribution in [2.75, 3.05) is 20.7 Å². The predicted octanol–water partition coefficient (Wildman–Crippen LogP) is 0.679. The van der Waals surface area contributed by atoms with Gasteiger partial charge in [-0.2, -0.15) is 0 Å². The zero-order chi connectivity index (χ0) is 22.1. The number of rotatable bonds is 6. The van der Waals surface area contributed by atoms with E-state index in [0.717, 1.165) is 0 Å². The number of ether oxygens (including phenoxy) is 1. The summed E-state index contributed by atoms with van der Waals surface area (Å²) < 4.78 is 18.4. The van der Waals surface area contributed by atoms with Gasteiger partial charge in [0.1, 0.15) is 17.2 Å². The molecule has 1 aromatic carbocycles. The van der Waals surface area contributed by atoms with Crippen LogP contribution in [0.4, 0.5) is 4.39 Å². The second-order valence-corrected chi connectivity index (χ2v) is 7.30. The summed E-state index contributed by atoms with van der Waals surface area (Å²) in [7, 11) is 2.97. The molecule has 1 amide bonds. The highest BCUT2D eigenvalue weighted by Gasteiger charge is 2.47. The van der Waals surface area contributed by atoms with E-state index in [4.69, 9.17) is 4.74 Å². The summed E-state index contributed by atoms with van der Waals surface area (Å²) in [4.78, 5) is 45.5. The minimum absolute atomic E-state index is 0.0594. The van der Waals surface area contributed by atoms with Crippen molar-refractivity contribution in [1.29, 1.82) is 0 Å². The van der Waals surface area contributed by atoms with Crippen LogP contribution in [0, 0.1) is 5.82 Å². The summed E-state index contributed by atoms with van der Waals surface area (Å²) in [5.74, 6) is -2.33. The first-order valence-corrected chi connectivity index (χ1v) is 9.30. The average Bonchev–Trinajstić information content (AvgIpc) is 3.17. The first kappa shape index (κ1) is 21.6. The number of Topliss-reactive ketones (excluding diaryl/α,β-unsaturated/α-hetero) is 1. The Kier molecular flexibility index (Phi) is 5.99. The largest absolute Gasteiger partial charge is 0.501 e. The quantitative estimate of drug-likeness (QED) is 0.630.